The number of benzene rings is 2. The van der Waals surface area contributed by atoms with Gasteiger partial charge >= 0.3 is 0 Å². The van der Waals surface area contributed by atoms with Crippen LogP contribution in [0.5, 0.6) is 0 Å². The summed E-state index contributed by atoms with van der Waals surface area (Å²) in [5, 5.41) is 4.05. The van der Waals surface area contributed by atoms with Crippen LogP contribution >= 0.6 is 0 Å². The summed E-state index contributed by atoms with van der Waals surface area (Å²) < 4.78 is 0. The quantitative estimate of drug-likeness (QED) is 0.390. The molecule has 1 N–H and O–H groups in total. The number of piperazine rings is 1. The van der Waals surface area contributed by atoms with Crippen LogP contribution in [0.15, 0.2) is 72.6 Å². The van der Waals surface area contributed by atoms with E-state index in [1.165, 1.54) is 16.8 Å². The van der Waals surface area contributed by atoms with Crippen molar-refractivity contribution in [1.29, 1.82) is 0 Å². The van der Waals surface area contributed by atoms with Gasteiger partial charge in [-0.3, -0.25) is 14.7 Å². The zero-order valence-corrected chi connectivity index (χ0v) is 19.7. The van der Waals surface area contributed by atoms with Gasteiger partial charge in [-0.2, -0.15) is 0 Å². The van der Waals surface area contributed by atoms with Crippen LogP contribution in [0, 0.1) is 0 Å². The first-order chi connectivity index (χ1) is 16.8. The fraction of sp³-hybridized carbons (Fsp3) is 0.345. The standard InChI is InChI=1S/C29H32N4O/c34-29(26-11-14-28-25(22-26)8-5-16-30-28)31-15-3-4-17-32-18-20-33(21-19-32)27-12-9-24(10-13-27)23-6-1-2-7-23/h1,5,8-14,16,22H,2-4,7,15,17-21H2,(H,31,34). The summed E-state index contributed by atoms with van der Waals surface area (Å²) in [4.78, 5) is 21.8. The smallest absolute Gasteiger partial charge is 0.251 e. The number of pyridine rings is 1. The number of carbonyl (C=O) groups excluding carboxylic acids is 1. The minimum absolute atomic E-state index is 0.00868. The second-order valence-corrected chi connectivity index (χ2v) is 9.12. The maximum Gasteiger partial charge on any atom is 0.251 e. The van der Waals surface area contributed by atoms with Gasteiger partial charge in [0.2, 0.25) is 0 Å². The highest BCUT2D eigenvalue weighted by atomic mass is 16.1. The van der Waals surface area contributed by atoms with Gasteiger partial charge in [0.1, 0.15) is 0 Å². The van der Waals surface area contributed by atoms with Crippen LogP contribution in [0.3, 0.4) is 0 Å². The minimum atomic E-state index is -0.00868. The van der Waals surface area contributed by atoms with Crippen molar-refractivity contribution in [2.24, 2.45) is 0 Å². The summed E-state index contributed by atoms with van der Waals surface area (Å²) in [5.41, 5.74) is 8.94. The number of hydrogen-bond acceptors (Lipinski definition) is 4. The van der Waals surface area contributed by atoms with E-state index in [4.69, 9.17) is 0 Å². The molecule has 1 aromatic heterocycles. The van der Waals surface area contributed by atoms with Crippen LogP contribution in [0.4, 0.5) is 5.69 Å². The Labute approximate surface area is 201 Å². The van der Waals surface area contributed by atoms with Gasteiger partial charge in [-0.1, -0.05) is 18.2 Å². The maximum atomic E-state index is 12.5. The molecule has 34 heavy (non-hydrogen) atoms. The van der Waals surface area contributed by atoms with E-state index in [-0.39, 0.29) is 5.91 Å². The number of aromatic nitrogens is 1. The largest absolute Gasteiger partial charge is 0.369 e. The van der Waals surface area contributed by atoms with Gasteiger partial charge in [0.15, 0.2) is 0 Å². The molecule has 1 aliphatic heterocycles. The molecule has 174 valence electrons. The number of unbranched alkanes of at least 4 members (excludes halogenated alkanes) is 1. The van der Waals surface area contributed by atoms with Gasteiger partial charge in [-0.15, -0.1) is 5.73 Å². The zero-order chi connectivity index (χ0) is 23.2. The molecule has 0 bridgehead atoms. The Morgan fingerprint density at radius 3 is 2.65 bits per heavy atom. The van der Waals surface area contributed by atoms with Gasteiger partial charge < -0.3 is 10.2 Å². The molecule has 1 amide bonds. The van der Waals surface area contributed by atoms with E-state index in [0.717, 1.165) is 69.3 Å². The predicted octanol–water partition coefficient (Wildman–Crippen LogP) is 4.90. The molecule has 1 saturated heterocycles. The number of fused-ring (bicyclic) bond motifs is 1. The Morgan fingerprint density at radius 2 is 1.85 bits per heavy atom. The van der Waals surface area contributed by atoms with Crippen molar-refractivity contribution in [3.05, 3.63) is 83.7 Å². The molecule has 2 aliphatic rings. The van der Waals surface area contributed by atoms with Gasteiger partial charge in [0, 0.05) is 61.1 Å². The summed E-state index contributed by atoms with van der Waals surface area (Å²) in [6.07, 6.45) is 8.23. The molecule has 0 radical (unpaired) electrons. The molecule has 0 saturated carbocycles. The van der Waals surface area contributed by atoms with E-state index in [1.54, 1.807) is 6.20 Å². The van der Waals surface area contributed by atoms with Gasteiger partial charge in [-0.05, 0) is 80.3 Å². The number of nitrogens with one attached hydrogen (secondary N) is 1. The summed E-state index contributed by atoms with van der Waals surface area (Å²) in [7, 11) is 0. The number of amides is 1. The van der Waals surface area contributed by atoms with Crippen LogP contribution in [0.2, 0.25) is 0 Å². The number of rotatable bonds is 8. The number of anilines is 1. The molecule has 5 nitrogen and oxygen atoms in total. The molecule has 2 heterocycles. The van der Waals surface area contributed by atoms with E-state index in [9.17, 15) is 4.79 Å². The third kappa shape index (κ3) is 5.39. The van der Waals surface area contributed by atoms with Crippen molar-refractivity contribution < 1.29 is 4.79 Å². The highest BCUT2D eigenvalue weighted by Gasteiger charge is 2.17. The first kappa shape index (κ1) is 22.4. The Hall–Kier alpha value is -3.40. The number of carbonyl (C=O) groups is 1. The lowest BCUT2D eigenvalue weighted by molar-refractivity contribution is 0.0952. The average Bonchev–Trinajstić information content (AvgIpc) is 3.44. The van der Waals surface area contributed by atoms with E-state index < -0.39 is 0 Å². The Balaban J connectivity index is 1.00. The Kier molecular flexibility index (Phi) is 7.04. The fourth-order valence-electron chi connectivity index (χ4n) is 4.80. The van der Waals surface area contributed by atoms with Crippen molar-refractivity contribution >= 4 is 28.1 Å². The number of nitrogens with zero attached hydrogens (tertiary/aromatic N) is 3. The molecule has 2 aromatic carbocycles. The fourth-order valence-corrected chi connectivity index (χ4v) is 4.80. The minimum Gasteiger partial charge on any atom is -0.369 e. The summed E-state index contributed by atoms with van der Waals surface area (Å²) in [5.74, 6) is -0.00868. The SMILES string of the molecule is O=C(NCCCCN1CCN(c2ccc(C3=C=CCC3)cc2)CC1)c1ccc2ncccc2c1. The van der Waals surface area contributed by atoms with E-state index in [1.807, 2.05) is 30.3 Å². The third-order valence-corrected chi connectivity index (χ3v) is 6.82. The van der Waals surface area contributed by atoms with Gasteiger partial charge in [-0.25, -0.2) is 0 Å². The molecule has 0 spiro atoms. The van der Waals surface area contributed by atoms with E-state index in [0.29, 0.717) is 12.1 Å². The average molecular weight is 453 g/mol. The molecule has 1 aliphatic carbocycles. The van der Waals surface area contributed by atoms with Crippen molar-refractivity contribution in [3.63, 3.8) is 0 Å². The first-order valence-corrected chi connectivity index (χ1v) is 12.4. The Morgan fingerprint density at radius 1 is 1.00 bits per heavy atom. The summed E-state index contributed by atoms with van der Waals surface area (Å²) in [6.45, 7) is 6.11. The van der Waals surface area contributed by atoms with Gasteiger partial charge in [0.05, 0.1) is 5.52 Å². The van der Waals surface area contributed by atoms with Crippen molar-refractivity contribution in [3.8, 4) is 0 Å². The van der Waals surface area contributed by atoms with Gasteiger partial charge in [0.25, 0.3) is 5.91 Å². The monoisotopic (exact) mass is 452 g/mol. The molecular weight excluding hydrogens is 420 g/mol. The third-order valence-electron chi connectivity index (χ3n) is 6.82. The maximum absolute atomic E-state index is 12.5. The number of hydrogen-bond donors (Lipinski definition) is 1. The molecule has 5 heteroatoms. The van der Waals surface area contributed by atoms with Crippen LogP contribution in [0.25, 0.3) is 16.5 Å². The summed E-state index contributed by atoms with van der Waals surface area (Å²) in [6, 6.07) is 18.5. The van der Waals surface area contributed by atoms with E-state index in [2.05, 4.69) is 56.2 Å². The lowest BCUT2D eigenvalue weighted by Gasteiger charge is -2.36. The first-order valence-electron chi connectivity index (χ1n) is 12.4. The normalized spacial score (nSPS) is 16.1. The van der Waals surface area contributed by atoms with E-state index >= 15 is 0 Å². The second kappa shape index (κ2) is 10.7. The molecular formula is C29H32N4O. The van der Waals surface area contributed by atoms with Crippen molar-refractivity contribution in [2.75, 3.05) is 44.2 Å². The zero-order valence-electron chi connectivity index (χ0n) is 19.7. The lowest BCUT2D eigenvalue weighted by atomic mass is 10.0. The molecule has 3 aromatic rings. The van der Waals surface area contributed by atoms with Crippen LogP contribution < -0.4 is 10.2 Å². The van der Waals surface area contributed by atoms with Crippen LogP contribution in [-0.4, -0.2) is 55.1 Å². The second-order valence-electron chi connectivity index (χ2n) is 9.12. The molecule has 5 rings (SSSR count). The van der Waals surface area contributed by atoms with Crippen molar-refractivity contribution in [1.82, 2.24) is 15.2 Å². The highest BCUT2D eigenvalue weighted by molar-refractivity contribution is 5.97. The molecule has 1 fully saturated rings. The highest BCUT2D eigenvalue weighted by Crippen LogP contribution is 2.26. The molecule has 0 unspecified atom stereocenters. The predicted molar refractivity (Wildman–Crippen MR) is 139 cm³/mol. The Bertz CT molecular complexity index is 1200. The number of allylic oxidation sites excluding steroid dienone is 1. The molecule has 0 atom stereocenters. The topological polar surface area (TPSA) is 48.5 Å². The summed E-state index contributed by atoms with van der Waals surface area (Å²) >= 11 is 0. The van der Waals surface area contributed by atoms with Crippen molar-refractivity contribution in [2.45, 2.75) is 25.7 Å². The van der Waals surface area contributed by atoms with Crippen LogP contribution in [-0.2, 0) is 0 Å². The lowest BCUT2D eigenvalue weighted by Crippen LogP contribution is -2.46. The van der Waals surface area contributed by atoms with Crippen LogP contribution in [0.1, 0.15) is 41.6 Å².